The third kappa shape index (κ3) is 2.64. The van der Waals surface area contributed by atoms with Gasteiger partial charge in [0.2, 0.25) is 0 Å². The fourth-order valence-corrected chi connectivity index (χ4v) is 3.06. The summed E-state index contributed by atoms with van der Waals surface area (Å²) in [5.74, 6) is 0.110. The van der Waals surface area contributed by atoms with Crippen LogP contribution in [0.3, 0.4) is 0 Å². The summed E-state index contributed by atoms with van der Waals surface area (Å²) in [5, 5.41) is 1.08. The second-order valence-corrected chi connectivity index (χ2v) is 6.37. The van der Waals surface area contributed by atoms with Gasteiger partial charge < -0.3 is 13.6 Å². The van der Waals surface area contributed by atoms with Gasteiger partial charge in [-0.3, -0.25) is 0 Å². The highest BCUT2D eigenvalue weighted by Crippen LogP contribution is 2.32. The lowest BCUT2D eigenvalue weighted by Crippen LogP contribution is -2.00. The minimum Gasteiger partial charge on any atom is -0.465 e. The second kappa shape index (κ2) is 5.89. The van der Waals surface area contributed by atoms with Gasteiger partial charge in [-0.05, 0) is 36.4 Å². The van der Waals surface area contributed by atoms with Crippen molar-refractivity contribution in [3.63, 3.8) is 0 Å². The van der Waals surface area contributed by atoms with Crippen LogP contribution >= 0.6 is 15.9 Å². The predicted molar refractivity (Wildman–Crippen MR) is 96.7 cm³/mol. The summed E-state index contributed by atoms with van der Waals surface area (Å²) < 4.78 is 16.8. The van der Waals surface area contributed by atoms with Crippen LogP contribution in [0.15, 0.2) is 66.6 Å². The Labute approximate surface area is 149 Å². The molecule has 5 nitrogen and oxygen atoms in total. The monoisotopic (exact) mass is 398 g/mol. The number of rotatable bonds is 2. The van der Waals surface area contributed by atoms with E-state index < -0.39 is 11.6 Å². The first-order valence-corrected chi connectivity index (χ1v) is 8.21. The number of ether oxygens (including phenoxy) is 1. The van der Waals surface area contributed by atoms with E-state index in [0.717, 1.165) is 10.0 Å². The zero-order valence-corrected chi connectivity index (χ0v) is 14.6. The highest BCUT2D eigenvalue weighted by atomic mass is 79.9. The number of halogens is 1. The largest absolute Gasteiger partial charge is 0.465 e. The van der Waals surface area contributed by atoms with Crippen molar-refractivity contribution in [2.24, 2.45) is 0 Å². The molecule has 0 aliphatic carbocycles. The molecule has 0 aliphatic rings. The van der Waals surface area contributed by atoms with E-state index in [1.165, 1.54) is 7.11 Å². The summed E-state index contributed by atoms with van der Waals surface area (Å²) in [6, 6.07) is 13.8. The maximum Gasteiger partial charge on any atom is 0.347 e. The molecule has 0 atom stereocenters. The summed E-state index contributed by atoms with van der Waals surface area (Å²) in [7, 11) is 1.33. The first kappa shape index (κ1) is 15.7. The lowest BCUT2D eigenvalue weighted by atomic mass is 10.1. The van der Waals surface area contributed by atoms with Gasteiger partial charge in [0.15, 0.2) is 5.58 Å². The van der Waals surface area contributed by atoms with Crippen molar-refractivity contribution in [1.82, 2.24) is 0 Å². The zero-order valence-electron chi connectivity index (χ0n) is 13.0. The van der Waals surface area contributed by atoms with Crippen LogP contribution in [0.1, 0.15) is 10.4 Å². The Kier molecular flexibility index (Phi) is 3.69. The van der Waals surface area contributed by atoms with E-state index in [4.69, 9.17) is 8.83 Å². The van der Waals surface area contributed by atoms with Crippen molar-refractivity contribution in [2.45, 2.75) is 0 Å². The molecular weight excluding hydrogens is 388 g/mol. The maximum atomic E-state index is 12.2. The van der Waals surface area contributed by atoms with Crippen molar-refractivity contribution in [2.75, 3.05) is 7.11 Å². The quantitative estimate of drug-likeness (QED) is 0.359. The molecule has 4 aromatic rings. The molecule has 0 amide bonds. The first-order chi connectivity index (χ1) is 12.1. The van der Waals surface area contributed by atoms with Crippen LogP contribution in [0.5, 0.6) is 0 Å². The number of furan rings is 1. The van der Waals surface area contributed by atoms with Crippen LogP contribution < -0.4 is 5.63 Å². The normalized spacial score (nSPS) is 11.1. The number of hydrogen-bond acceptors (Lipinski definition) is 5. The molecular formula is C19H11BrO5. The average Bonchev–Trinajstić information content (AvgIpc) is 3.08. The van der Waals surface area contributed by atoms with E-state index in [9.17, 15) is 9.59 Å². The molecule has 0 N–H and O–H groups in total. The Morgan fingerprint density at radius 1 is 1.00 bits per heavy atom. The molecule has 6 heteroatoms. The van der Waals surface area contributed by atoms with Crippen molar-refractivity contribution in [1.29, 1.82) is 0 Å². The molecule has 0 unspecified atom stereocenters. The van der Waals surface area contributed by atoms with Crippen LogP contribution in [0.25, 0.3) is 33.3 Å². The zero-order chi connectivity index (χ0) is 17.6. The van der Waals surface area contributed by atoms with Crippen LogP contribution in [0.4, 0.5) is 0 Å². The molecule has 2 aromatic heterocycles. The van der Waals surface area contributed by atoms with Gasteiger partial charge in [0, 0.05) is 10.0 Å². The number of benzene rings is 2. The molecule has 0 fully saturated rings. The summed E-state index contributed by atoms with van der Waals surface area (Å²) >= 11 is 3.41. The second-order valence-electron chi connectivity index (χ2n) is 5.45. The Hall–Kier alpha value is -2.86. The Morgan fingerprint density at radius 3 is 2.48 bits per heavy atom. The van der Waals surface area contributed by atoms with Gasteiger partial charge in [0.05, 0.1) is 18.1 Å². The van der Waals surface area contributed by atoms with E-state index in [-0.39, 0.29) is 0 Å². The molecule has 0 saturated heterocycles. The Balaban J connectivity index is 1.90. The van der Waals surface area contributed by atoms with Crippen molar-refractivity contribution in [3.05, 3.63) is 69.0 Å². The fraction of sp³-hybridized carbons (Fsp3) is 0.0526. The number of methoxy groups -OCH3 is 1. The van der Waals surface area contributed by atoms with Gasteiger partial charge in [-0.15, -0.1) is 0 Å². The Morgan fingerprint density at radius 2 is 1.76 bits per heavy atom. The lowest BCUT2D eigenvalue weighted by molar-refractivity contribution is 0.0600. The van der Waals surface area contributed by atoms with Gasteiger partial charge >= 0.3 is 11.6 Å². The third-order valence-electron chi connectivity index (χ3n) is 3.93. The summed E-state index contributed by atoms with van der Waals surface area (Å²) in [6.45, 7) is 0. The van der Waals surface area contributed by atoms with Gasteiger partial charge in [-0.25, -0.2) is 9.59 Å². The van der Waals surface area contributed by atoms with E-state index in [1.54, 1.807) is 42.5 Å². The van der Waals surface area contributed by atoms with Crippen LogP contribution in [0.2, 0.25) is 0 Å². The minimum atomic E-state index is -0.453. The number of fused-ring (bicyclic) bond motifs is 3. The molecule has 4 rings (SSSR count). The van der Waals surface area contributed by atoms with E-state index in [0.29, 0.717) is 33.3 Å². The van der Waals surface area contributed by atoms with Gasteiger partial charge in [-0.1, -0.05) is 28.1 Å². The molecule has 0 radical (unpaired) electrons. The topological polar surface area (TPSA) is 69.7 Å². The van der Waals surface area contributed by atoms with E-state index in [2.05, 4.69) is 20.7 Å². The molecule has 0 bridgehead atoms. The standard InChI is InChI=1S/C19H11BrO5/c1-23-18(21)11-4-2-10(3-5-11)16-9-14-17(24-16)13-8-12(20)6-7-15(13)25-19(14)22/h2-9H,1H3. The molecule has 2 aromatic carbocycles. The first-order valence-electron chi connectivity index (χ1n) is 7.41. The lowest BCUT2D eigenvalue weighted by Gasteiger charge is -2.00. The fourth-order valence-electron chi connectivity index (χ4n) is 2.70. The Bertz CT molecular complexity index is 1170. The highest BCUT2D eigenvalue weighted by molar-refractivity contribution is 9.10. The van der Waals surface area contributed by atoms with Crippen molar-refractivity contribution in [3.8, 4) is 11.3 Å². The summed E-state index contributed by atoms with van der Waals surface area (Å²) in [4.78, 5) is 23.7. The SMILES string of the molecule is COC(=O)c1ccc(-c2cc3c(=O)oc4ccc(Br)cc4c3o2)cc1. The molecule has 0 saturated carbocycles. The van der Waals surface area contributed by atoms with Crippen molar-refractivity contribution >= 4 is 43.8 Å². The average molecular weight is 399 g/mol. The number of esters is 1. The third-order valence-corrected chi connectivity index (χ3v) is 4.42. The molecule has 2 heterocycles. The van der Waals surface area contributed by atoms with Crippen LogP contribution in [0, 0.1) is 0 Å². The van der Waals surface area contributed by atoms with E-state index >= 15 is 0 Å². The smallest absolute Gasteiger partial charge is 0.347 e. The highest BCUT2D eigenvalue weighted by Gasteiger charge is 2.15. The maximum absolute atomic E-state index is 12.2. The summed E-state index contributed by atoms with van der Waals surface area (Å²) in [6.07, 6.45) is 0. The van der Waals surface area contributed by atoms with Crippen LogP contribution in [-0.2, 0) is 4.74 Å². The van der Waals surface area contributed by atoms with E-state index in [1.807, 2.05) is 6.07 Å². The van der Waals surface area contributed by atoms with Crippen LogP contribution in [-0.4, -0.2) is 13.1 Å². The molecule has 0 spiro atoms. The number of carbonyl (C=O) groups excluding carboxylic acids is 1. The number of carbonyl (C=O) groups is 1. The summed E-state index contributed by atoms with van der Waals surface area (Å²) in [5.41, 5.74) is 1.66. The minimum absolute atomic E-state index is 0.373. The molecule has 124 valence electrons. The van der Waals surface area contributed by atoms with Gasteiger partial charge in [0.1, 0.15) is 16.7 Å². The predicted octanol–water partition coefficient (Wildman–Crippen LogP) is 4.76. The molecule has 0 aliphatic heterocycles. The molecule has 25 heavy (non-hydrogen) atoms. The number of hydrogen-bond donors (Lipinski definition) is 0. The van der Waals surface area contributed by atoms with Gasteiger partial charge in [-0.2, -0.15) is 0 Å². The van der Waals surface area contributed by atoms with Gasteiger partial charge in [0.25, 0.3) is 0 Å². The van der Waals surface area contributed by atoms with Crippen molar-refractivity contribution < 1.29 is 18.4 Å².